The van der Waals surface area contributed by atoms with Crippen LogP contribution in [0.4, 0.5) is 17.1 Å². The predicted octanol–water partition coefficient (Wildman–Crippen LogP) is 13.9. The van der Waals surface area contributed by atoms with E-state index in [4.69, 9.17) is 9.15 Å². The van der Waals surface area contributed by atoms with Gasteiger partial charge < -0.3 is 14.1 Å². The summed E-state index contributed by atoms with van der Waals surface area (Å²) in [5, 5.41) is 4.75. The first kappa shape index (κ1) is 29.0. The molecule has 248 valence electrons. The first-order valence-corrected chi connectivity index (χ1v) is 18.8. The number of hydrogen-bond acceptors (Lipinski definition) is 4. The van der Waals surface area contributed by atoms with Gasteiger partial charge in [0.1, 0.15) is 22.7 Å². The zero-order valence-corrected chi connectivity index (χ0v) is 29.2. The molecule has 2 aromatic heterocycles. The predicted molar refractivity (Wildman–Crippen MR) is 219 cm³/mol. The second kappa shape index (κ2) is 10.7. The Bertz CT molecular complexity index is 3070. The Hall–Kier alpha value is -6.62. The molecule has 10 aromatic rings. The van der Waals surface area contributed by atoms with Gasteiger partial charge in [0.05, 0.1) is 11.1 Å². The molecule has 3 nitrogen and oxygen atoms in total. The van der Waals surface area contributed by atoms with E-state index in [-0.39, 0.29) is 0 Å². The molecule has 0 saturated heterocycles. The second-order valence-electron chi connectivity index (χ2n) is 14.0. The number of benzene rings is 8. The van der Waals surface area contributed by atoms with Crippen LogP contribution in [-0.2, 0) is 5.41 Å². The van der Waals surface area contributed by atoms with E-state index in [0.29, 0.717) is 0 Å². The van der Waals surface area contributed by atoms with Crippen LogP contribution < -0.4 is 9.64 Å². The number of para-hydroxylation sites is 4. The number of fused-ring (bicyclic) bond motifs is 15. The maximum Gasteiger partial charge on any atom is 0.137 e. The smallest absolute Gasteiger partial charge is 0.137 e. The van der Waals surface area contributed by atoms with E-state index in [1.807, 2.05) is 23.5 Å². The number of nitrogens with zero attached hydrogens (tertiary/aromatic N) is 1. The minimum Gasteiger partial charge on any atom is -0.457 e. The largest absolute Gasteiger partial charge is 0.457 e. The summed E-state index contributed by atoms with van der Waals surface area (Å²) in [6.45, 7) is 0. The number of rotatable bonds is 3. The summed E-state index contributed by atoms with van der Waals surface area (Å²) in [7, 11) is 0. The topological polar surface area (TPSA) is 25.6 Å². The average molecular weight is 696 g/mol. The van der Waals surface area contributed by atoms with E-state index < -0.39 is 5.41 Å². The lowest BCUT2D eigenvalue weighted by atomic mass is 9.66. The summed E-state index contributed by atoms with van der Waals surface area (Å²) < 4.78 is 15.5. The molecular weight excluding hydrogens is 667 g/mol. The fourth-order valence-electron chi connectivity index (χ4n) is 9.20. The van der Waals surface area contributed by atoms with Crippen LogP contribution in [0.25, 0.3) is 53.2 Å². The molecule has 0 bridgehead atoms. The minimum atomic E-state index is -0.497. The van der Waals surface area contributed by atoms with Gasteiger partial charge in [0.25, 0.3) is 0 Å². The Balaban J connectivity index is 1.14. The first-order valence-electron chi connectivity index (χ1n) is 18.0. The van der Waals surface area contributed by atoms with E-state index >= 15 is 0 Å². The molecule has 0 fully saturated rings. The molecule has 4 heteroatoms. The zero-order chi connectivity index (χ0) is 34.7. The normalized spacial score (nSPS) is 13.6. The van der Waals surface area contributed by atoms with Crippen LogP contribution in [0, 0.1) is 0 Å². The lowest BCUT2D eigenvalue weighted by Gasteiger charge is -2.39. The second-order valence-corrected chi connectivity index (χ2v) is 15.1. The van der Waals surface area contributed by atoms with Gasteiger partial charge >= 0.3 is 0 Å². The zero-order valence-electron chi connectivity index (χ0n) is 28.4. The highest BCUT2D eigenvalue weighted by atomic mass is 32.1. The van der Waals surface area contributed by atoms with Gasteiger partial charge in [-0.1, -0.05) is 103 Å². The molecule has 1 aliphatic heterocycles. The van der Waals surface area contributed by atoms with Crippen molar-refractivity contribution in [2.24, 2.45) is 0 Å². The highest BCUT2D eigenvalue weighted by molar-refractivity contribution is 7.26. The van der Waals surface area contributed by atoms with Crippen molar-refractivity contribution in [1.29, 1.82) is 0 Å². The molecule has 3 heterocycles. The molecule has 0 saturated carbocycles. The van der Waals surface area contributed by atoms with Gasteiger partial charge in [-0.15, -0.1) is 11.3 Å². The Morgan fingerprint density at radius 2 is 1.13 bits per heavy atom. The van der Waals surface area contributed by atoms with Gasteiger partial charge in [-0.3, -0.25) is 0 Å². The summed E-state index contributed by atoms with van der Waals surface area (Å²) in [5.41, 5.74) is 12.1. The van der Waals surface area contributed by atoms with E-state index in [0.717, 1.165) is 50.5 Å². The van der Waals surface area contributed by atoms with Crippen molar-refractivity contribution in [1.82, 2.24) is 0 Å². The average Bonchev–Trinajstić information content (AvgIpc) is 3.86. The summed E-state index contributed by atoms with van der Waals surface area (Å²) in [5.74, 6) is 1.82. The summed E-state index contributed by atoms with van der Waals surface area (Å²) in [6, 6.07) is 63.3. The highest BCUT2D eigenvalue weighted by Crippen LogP contribution is 2.63. The number of thiophene rings is 1. The van der Waals surface area contributed by atoms with Crippen LogP contribution in [0.1, 0.15) is 22.3 Å². The molecule has 0 amide bonds. The number of furan rings is 1. The van der Waals surface area contributed by atoms with Crippen molar-refractivity contribution in [3.63, 3.8) is 0 Å². The van der Waals surface area contributed by atoms with Gasteiger partial charge in [0.2, 0.25) is 0 Å². The monoisotopic (exact) mass is 695 g/mol. The Morgan fingerprint density at radius 1 is 0.434 bits per heavy atom. The van der Waals surface area contributed by atoms with Crippen LogP contribution in [-0.4, -0.2) is 0 Å². The number of hydrogen-bond donors (Lipinski definition) is 0. The van der Waals surface area contributed by atoms with Crippen molar-refractivity contribution in [3.05, 3.63) is 198 Å². The molecule has 0 unspecified atom stereocenters. The fraction of sp³-hybridized carbons (Fsp3) is 0.0204. The molecule has 12 rings (SSSR count). The molecule has 0 N–H and O–H groups in total. The molecule has 53 heavy (non-hydrogen) atoms. The molecule has 2 aliphatic rings. The van der Waals surface area contributed by atoms with Gasteiger partial charge in [-0.2, -0.15) is 0 Å². The molecule has 1 aliphatic carbocycles. The first-order chi connectivity index (χ1) is 26.3. The third kappa shape index (κ3) is 3.88. The van der Waals surface area contributed by atoms with Crippen molar-refractivity contribution in [2.45, 2.75) is 5.41 Å². The van der Waals surface area contributed by atoms with Crippen LogP contribution in [0.5, 0.6) is 11.5 Å². The maximum atomic E-state index is 6.59. The highest BCUT2D eigenvalue weighted by Gasteiger charge is 2.51. The molecular formula is C49H29NO2S. The fourth-order valence-corrected chi connectivity index (χ4v) is 10.3. The maximum absolute atomic E-state index is 6.59. The lowest BCUT2D eigenvalue weighted by Crippen LogP contribution is -2.32. The van der Waals surface area contributed by atoms with E-state index in [1.54, 1.807) is 0 Å². The third-order valence-corrected chi connectivity index (χ3v) is 12.4. The van der Waals surface area contributed by atoms with Crippen LogP contribution >= 0.6 is 11.3 Å². The molecule has 8 aromatic carbocycles. The van der Waals surface area contributed by atoms with E-state index in [1.165, 1.54) is 53.6 Å². The van der Waals surface area contributed by atoms with Crippen LogP contribution in [0.3, 0.4) is 0 Å². The third-order valence-electron chi connectivity index (χ3n) is 11.3. The van der Waals surface area contributed by atoms with Crippen LogP contribution in [0.2, 0.25) is 0 Å². The van der Waals surface area contributed by atoms with Crippen molar-refractivity contribution < 1.29 is 9.15 Å². The van der Waals surface area contributed by atoms with Gasteiger partial charge in [-0.25, -0.2) is 0 Å². The molecule has 0 atom stereocenters. The number of anilines is 3. The van der Waals surface area contributed by atoms with Crippen LogP contribution in [0.15, 0.2) is 180 Å². The quantitative estimate of drug-likeness (QED) is 0.184. The minimum absolute atomic E-state index is 0.497. The van der Waals surface area contributed by atoms with E-state index in [9.17, 15) is 0 Å². The lowest BCUT2D eigenvalue weighted by molar-refractivity contribution is 0.436. The molecule has 0 radical (unpaired) electrons. The van der Waals surface area contributed by atoms with Gasteiger partial charge in [-0.05, 0) is 89.0 Å². The standard InChI is InChI=1S/C49H29NO2S/c1-2-13-30(14-3-1)50(31-25-26-34-33-16-5-9-21-42(33)51-45(34)27-31)41-20-12-24-46-48(41)36-28-35-32-15-4-6-17-37(32)49(40(35)29-47(36)53-46)38-18-7-10-22-43(38)52-44-23-11-8-19-39(44)49/h1-29H. The Morgan fingerprint density at radius 3 is 1.96 bits per heavy atom. The van der Waals surface area contributed by atoms with E-state index in [2.05, 4.69) is 169 Å². The summed E-state index contributed by atoms with van der Waals surface area (Å²) in [4.78, 5) is 2.38. The van der Waals surface area contributed by atoms with Gasteiger partial charge in [0, 0.05) is 59.5 Å². The number of ether oxygens (including phenoxy) is 1. The van der Waals surface area contributed by atoms with Gasteiger partial charge in [0.15, 0.2) is 0 Å². The summed E-state index contributed by atoms with van der Waals surface area (Å²) in [6.07, 6.45) is 0. The Kier molecular flexibility index (Phi) is 5.86. The van der Waals surface area contributed by atoms with Crippen molar-refractivity contribution >= 4 is 70.5 Å². The van der Waals surface area contributed by atoms with Crippen molar-refractivity contribution in [3.8, 4) is 22.6 Å². The Labute approximate surface area is 309 Å². The van der Waals surface area contributed by atoms with Crippen molar-refractivity contribution in [2.75, 3.05) is 4.90 Å². The molecule has 1 spiro atoms. The SMILES string of the molecule is c1ccc(N(c2ccc3c(c2)oc2ccccc23)c2cccc3sc4cc5c(cc4c23)-c2ccccc2C52c3ccccc3Oc3ccccc32)cc1. The summed E-state index contributed by atoms with van der Waals surface area (Å²) >= 11 is 1.87.